The largest absolute Gasteiger partial charge is 0.455 e. The maximum Gasteiger partial charge on any atom is 0.160 e. The summed E-state index contributed by atoms with van der Waals surface area (Å²) in [6, 6.07) is 141. The van der Waals surface area contributed by atoms with Crippen molar-refractivity contribution in [2.24, 2.45) is 0 Å². The van der Waals surface area contributed by atoms with Gasteiger partial charge in [0.2, 0.25) is 0 Å². The molecule has 0 radical (unpaired) electrons. The first-order chi connectivity index (χ1) is 56.9. The highest BCUT2D eigenvalue weighted by Gasteiger charge is 2.19. The van der Waals surface area contributed by atoms with E-state index in [4.69, 9.17) is 14.4 Å². The number of fused-ring (bicyclic) bond motifs is 3. The maximum atomic E-state index is 6.57. The smallest absolute Gasteiger partial charge is 0.160 e. The molecule has 0 aliphatic carbocycles. The average molecular weight is 1470 g/mol. The quantitative estimate of drug-likeness (QED) is 0.0952. The molecule has 0 N–H and O–H groups in total. The molecule has 6 aromatic heterocycles. The first-order valence-electron chi connectivity index (χ1n) is 38.6. The van der Waals surface area contributed by atoms with Crippen LogP contribution >= 0.6 is 0 Å². The van der Waals surface area contributed by atoms with E-state index in [-0.39, 0.29) is 0 Å². The third-order valence-corrected chi connectivity index (χ3v) is 21.2. The molecule has 0 aliphatic heterocycles. The Morgan fingerprint density at radius 2 is 0.470 bits per heavy atom. The van der Waals surface area contributed by atoms with Crippen LogP contribution in [0, 0.1) is 0 Å². The van der Waals surface area contributed by atoms with Crippen molar-refractivity contribution < 1.29 is 4.42 Å². The molecule has 14 aromatic carbocycles. The molecule has 0 bridgehead atoms. The molecule has 115 heavy (non-hydrogen) atoms. The summed E-state index contributed by atoms with van der Waals surface area (Å²) in [5, 5.41) is 2.24. The normalized spacial score (nSPS) is 11.1. The van der Waals surface area contributed by atoms with Gasteiger partial charge in [0, 0.05) is 92.5 Å². The van der Waals surface area contributed by atoms with E-state index in [1.165, 1.54) is 0 Å². The van der Waals surface area contributed by atoms with Crippen molar-refractivity contribution in [3.63, 3.8) is 0 Å². The summed E-state index contributed by atoms with van der Waals surface area (Å²) in [7, 11) is 0. The van der Waals surface area contributed by atoms with Crippen LogP contribution in [-0.2, 0) is 0 Å². The minimum absolute atomic E-state index is 0.666. The van der Waals surface area contributed by atoms with Gasteiger partial charge in [-0.25, -0.2) is 9.97 Å². The lowest BCUT2D eigenvalue weighted by Gasteiger charge is -2.14. The molecule has 0 unspecified atom stereocenters. The summed E-state index contributed by atoms with van der Waals surface area (Å²) >= 11 is 0. The molecule has 20 rings (SSSR count). The van der Waals surface area contributed by atoms with Gasteiger partial charge in [0.1, 0.15) is 11.2 Å². The summed E-state index contributed by atoms with van der Waals surface area (Å²) < 4.78 is 6.57. The lowest BCUT2D eigenvalue weighted by molar-refractivity contribution is 0.670. The Hall–Kier alpha value is -15.4. The number of hydrogen-bond donors (Lipinski definition) is 0. The zero-order valence-corrected chi connectivity index (χ0v) is 62.7. The molecule has 6 heterocycles. The number of furan rings is 1. The standard InChI is InChI=1S/C56H38N4.C52H34N2O/c1-3-13-39(14-4-1)54-36-55(40-15-5-2-6-16-40)60-56(59-54)53-34-51(47-23-9-19-43(31-47)41-17-7-21-45(29-41)49-25-11-27-57-37-49)33-52(35-53)48-24-10-20-44(32-48)42-18-8-22-46(30-42)50-26-12-28-58-38-50;1-2-25-51-47(20-1)48-22-11-21-46(52(48)55-51)45-33-43(39-16-7-12-35(28-39)37-14-9-18-41(30-37)49-23-3-5-26-53-49)32-44(34-45)40-17-8-13-36(29-40)38-15-10-19-42(31-38)50-24-4-6-27-54-50/h1-38H;1-34H. The van der Waals surface area contributed by atoms with Crippen molar-refractivity contribution in [2.75, 3.05) is 0 Å². The van der Waals surface area contributed by atoms with E-state index >= 15 is 0 Å². The molecule has 0 saturated heterocycles. The number of nitrogens with zero attached hydrogens (tertiary/aromatic N) is 6. The predicted molar refractivity (Wildman–Crippen MR) is 474 cm³/mol. The third-order valence-electron chi connectivity index (χ3n) is 21.2. The molecule has 7 nitrogen and oxygen atoms in total. The van der Waals surface area contributed by atoms with Gasteiger partial charge in [0.15, 0.2) is 5.82 Å². The van der Waals surface area contributed by atoms with Gasteiger partial charge in [0.25, 0.3) is 0 Å². The number of rotatable bonds is 16. The molecule has 0 atom stereocenters. The van der Waals surface area contributed by atoms with Crippen LogP contribution in [0.25, 0.3) is 201 Å². The van der Waals surface area contributed by atoms with Gasteiger partial charge in [-0.1, -0.05) is 267 Å². The van der Waals surface area contributed by atoms with E-state index in [1.54, 1.807) is 0 Å². The molecule has 0 saturated carbocycles. The summed E-state index contributed by atoms with van der Waals surface area (Å²) in [6.45, 7) is 0. The van der Waals surface area contributed by atoms with Crippen molar-refractivity contribution in [3.8, 4) is 179 Å². The number of benzene rings is 14. The highest BCUT2D eigenvalue weighted by molar-refractivity contribution is 6.10. The van der Waals surface area contributed by atoms with Crippen LogP contribution in [0.5, 0.6) is 0 Å². The number of para-hydroxylation sites is 2. The second-order valence-electron chi connectivity index (χ2n) is 28.6. The van der Waals surface area contributed by atoms with E-state index < -0.39 is 0 Å². The van der Waals surface area contributed by atoms with Crippen molar-refractivity contribution in [1.82, 2.24) is 29.9 Å². The van der Waals surface area contributed by atoms with Crippen LogP contribution < -0.4 is 0 Å². The SMILES string of the molecule is c1ccc(-c2cc(-c3ccccc3)nc(-c3cc(-c4cccc(-c5cccc(-c6cccnc6)c5)c4)cc(-c4cccc(-c5cccc(-c6cccnc6)c5)c4)c3)n2)cc1.c1ccc(-c2cccc(-c3cccc(-c4cc(-c5cccc(-c6cccc(-c7ccccn7)c6)c5)cc(-c5cccc6c5oc5ccccc56)c4)c3)c2)nc1. The number of pyridine rings is 4. The van der Waals surface area contributed by atoms with E-state index in [1.807, 2.05) is 97.8 Å². The molecule has 540 valence electrons. The van der Waals surface area contributed by atoms with Gasteiger partial charge in [-0.15, -0.1) is 0 Å². The van der Waals surface area contributed by atoms with Crippen LogP contribution in [0.2, 0.25) is 0 Å². The molecular formula is C108H72N6O. The minimum atomic E-state index is 0.666. The molecule has 0 fully saturated rings. The van der Waals surface area contributed by atoms with Crippen molar-refractivity contribution in [3.05, 3.63) is 438 Å². The monoisotopic (exact) mass is 1470 g/mol. The lowest BCUT2D eigenvalue weighted by Crippen LogP contribution is -1.97. The summed E-state index contributed by atoms with van der Waals surface area (Å²) in [5.74, 6) is 0.666. The second-order valence-corrected chi connectivity index (χ2v) is 28.6. The number of hydrogen-bond acceptors (Lipinski definition) is 7. The first-order valence-corrected chi connectivity index (χ1v) is 38.6. The molecule has 0 aliphatic rings. The second kappa shape index (κ2) is 31.9. The Morgan fingerprint density at radius 1 is 0.174 bits per heavy atom. The number of aromatic nitrogens is 6. The van der Waals surface area contributed by atoms with Crippen LogP contribution in [0.15, 0.2) is 442 Å². The van der Waals surface area contributed by atoms with E-state index in [9.17, 15) is 0 Å². The fourth-order valence-electron chi connectivity index (χ4n) is 15.4. The molecular weight excluding hydrogens is 1400 g/mol. The summed E-state index contributed by atoms with van der Waals surface area (Å²) in [6.07, 6.45) is 11.1. The Balaban J connectivity index is 0.000000154. The van der Waals surface area contributed by atoms with Gasteiger partial charge < -0.3 is 4.42 Å². The molecule has 7 heteroatoms. The van der Waals surface area contributed by atoms with Gasteiger partial charge in [0.05, 0.1) is 22.8 Å². The summed E-state index contributed by atoms with van der Waals surface area (Å²) in [5.41, 5.74) is 35.3. The molecule has 0 amide bonds. The highest BCUT2D eigenvalue weighted by Crippen LogP contribution is 2.43. The summed E-state index contributed by atoms with van der Waals surface area (Å²) in [4.78, 5) is 28.4. The average Bonchev–Trinajstić information content (AvgIpc) is 1.65. The fraction of sp³-hybridized carbons (Fsp3) is 0. The van der Waals surface area contributed by atoms with Gasteiger partial charge in [-0.2, -0.15) is 0 Å². The Morgan fingerprint density at radius 3 is 0.852 bits per heavy atom. The maximum absolute atomic E-state index is 6.57. The van der Waals surface area contributed by atoms with Crippen LogP contribution in [0.1, 0.15) is 0 Å². The van der Waals surface area contributed by atoms with E-state index in [0.717, 1.165) is 195 Å². The van der Waals surface area contributed by atoms with Crippen LogP contribution in [0.3, 0.4) is 0 Å². The van der Waals surface area contributed by atoms with Gasteiger partial charge in [-0.3, -0.25) is 19.9 Å². The van der Waals surface area contributed by atoms with Crippen LogP contribution in [-0.4, -0.2) is 29.9 Å². The molecule has 0 spiro atoms. The Bertz CT molecular complexity index is 6540. The predicted octanol–water partition coefficient (Wildman–Crippen LogP) is 28.3. The van der Waals surface area contributed by atoms with E-state index in [2.05, 4.69) is 360 Å². The fourth-order valence-corrected chi connectivity index (χ4v) is 15.4. The first kappa shape index (κ1) is 70.0. The van der Waals surface area contributed by atoms with Crippen molar-refractivity contribution in [2.45, 2.75) is 0 Å². The lowest BCUT2D eigenvalue weighted by atomic mass is 9.90. The highest BCUT2D eigenvalue weighted by atomic mass is 16.3. The van der Waals surface area contributed by atoms with E-state index in [0.29, 0.717) is 5.82 Å². The van der Waals surface area contributed by atoms with Crippen LogP contribution in [0.4, 0.5) is 0 Å². The van der Waals surface area contributed by atoms with Crippen molar-refractivity contribution >= 4 is 21.9 Å². The topological polar surface area (TPSA) is 90.5 Å². The third kappa shape index (κ3) is 15.2. The molecule has 20 aromatic rings. The minimum Gasteiger partial charge on any atom is -0.455 e. The van der Waals surface area contributed by atoms with Crippen molar-refractivity contribution in [1.29, 1.82) is 0 Å². The zero-order chi connectivity index (χ0) is 76.6. The Labute approximate surface area is 668 Å². The zero-order valence-electron chi connectivity index (χ0n) is 62.7. The Kier molecular flexibility index (Phi) is 19.4. The van der Waals surface area contributed by atoms with Gasteiger partial charge >= 0.3 is 0 Å². The van der Waals surface area contributed by atoms with Gasteiger partial charge in [-0.05, 0) is 239 Å².